The van der Waals surface area contributed by atoms with Crippen LogP contribution >= 0.6 is 0 Å². The number of benzene rings is 2. The summed E-state index contributed by atoms with van der Waals surface area (Å²) in [5.41, 5.74) is 0.598. The van der Waals surface area contributed by atoms with Crippen LogP contribution in [0.5, 0.6) is 11.5 Å². The summed E-state index contributed by atoms with van der Waals surface area (Å²) in [6.45, 7) is 0. The van der Waals surface area contributed by atoms with Crippen LogP contribution in [-0.2, 0) is 0 Å². The van der Waals surface area contributed by atoms with Gasteiger partial charge in [-0.15, -0.1) is 0 Å². The van der Waals surface area contributed by atoms with E-state index >= 15 is 0 Å². The maximum absolute atomic E-state index is 6.84. The number of aliphatic imine (C=N–C) groups is 1. The van der Waals surface area contributed by atoms with Gasteiger partial charge in [0.05, 0.1) is 6.01 Å². The normalized spacial score (nSPS) is 9.25. The van der Waals surface area contributed by atoms with Gasteiger partial charge in [-0.1, -0.05) is 30.3 Å². The van der Waals surface area contributed by atoms with Gasteiger partial charge in [0.25, 0.3) is 0 Å². The molecule has 0 fully saturated rings. The van der Waals surface area contributed by atoms with E-state index in [-0.39, 0.29) is 0 Å². The molecule has 0 radical (unpaired) electrons. The molecule has 0 amide bonds. The van der Waals surface area contributed by atoms with Crippen LogP contribution in [0.2, 0.25) is 0 Å². The molecule has 0 spiro atoms. The number of nitrogens with one attached hydrogen (secondary N) is 1. The van der Waals surface area contributed by atoms with Crippen molar-refractivity contribution >= 4 is 11.7 Å². The van der Waals surface area contributed by atoms with E-state index in [0.717, 1.165) is 5.75 Å². The molecule has 2 aromatic rings. The standard InChI is InChI=1S/C13H10N2O/c14-10-15-12-8-4-5-9-13(12)16-11-6-2-1-3-7-11/h1-9,14H. The van der Waals surface area contributed by atoms with Crippen molar-refractivity contribution in [2.45, 2.75) is 0 Å². The molecule has 0 aliphatic carbocycles. The van der Waals surface area contributed by atoms with Crippen molar-refractivity contribution in [3.05, 3.63) is 54.6 Å². The average Bonchev–Trinajstić information content (AvgIpc) is 2.33. The quantitative estimate of drug-likeness (QED) is 0.768. The number of ether oxygens (including phenoxy) is 1. The van der Waals surface area contributed by atoms with Crippen LogP contribution in [0.4, 0.5) is 5.69 Å². The Morgan fingerprint density at radius 2 is 1.62 bits per heavy atom. The average molecular weight is 210 g/mol. The van der Waals surface area contributed by atoms with Crippen molar-refractivity contribution in [2.24, 2.45) is 4.99 Å². The highest BCUT2D eigenvalue weighted by molar-refractivity contribution is 5.58. The molecular formula is C13H10N2O. The SMILES string of the molecule is N=C=Nc1ccccc1Oc1ccccc1. The van der Waals surface area contributed by atoms with Gasteiger partial charge in [-0.3, -0.25) is 0 Å². The first-order chi connectivity index (χ1) is 7.90. The highest BCUT2D eigenvalue weighted by atomic mass is 16.5. The van der Waals surface area contributed by atoms with Gasteiger partial charge in [0, 0.05) is 0 Å². The molecule has 0 bridgehead atoms. The van der Waals surface area contributed by atoms with Gasteiger partial charge in [0.15, 0.2) is 5.75 Å². The highest BCUT2D eigenvalue weighted by Gasteiger charge is 2.01. The maximum atomic E-state index is 6.84. The van der Waals surface area contributed by atoms with Crippen LogP contribution in [0, 0.1) is 5.41 Å². The summed E-state index contributed by atoms with van der Waals surface area (Å²) >= 11 is 0. The second-order valence-corrected chi connectivity index (χ2v) is 3.11. The van der Waals surface area contributed by atoms with Crippen LogP contribution in [-0.4, -0.2) is 6.01 Å². The maximum Gasteiger partial charge on any atom is 0.153 e. The molecule has 3 heteroatoms. The predicted octanol–water partition coefficient (Wildman–Crippen LogP) is 3.86. The molecule has 3 nitrogen and oxygen atoms in total. The minimum Gasteiger partial charge on any atom is -0.455 e. The summed E-state index contributed by atoms with van der Waals surface area (Å²) in [7, 11) is 0. The fourth-order valence-electron chi connectivity index (χ4n) is 1.31. The molecule has 0 saturated heterocycles. The summed E-state index contributed by atoms with van der Waals surface area (Å²) in [5.74, 6) is 1.36. The Morgan fingerprint density at radius 3 is 2.38 bits per heavy atom. The van der Waals surface area contributed by atoms with E-state index in [0.29, 0.717) is 11.4 Å². The van der Waals surface area contributed by atoms with Gasteiger partial charge < -0.3 is 4.74 Å². The first kappa shape index (κ1) is 10.1. The van der Waals surface area contributed by atoms with Gasteiger partial charge in [-0.05, 0) is 24.3 Å². The summed E-state index contributed by atoms with van der Waals surface area (Å²) in [4.78, 5) is 3.79. The van der Waals surface area contributed by atoms with E-state index in [2.05, 4.69) is 4.99 Å². The zero-order chi connectivity index (χ0) is 11.2. The fourth-order valence-corrected chi connectivity index (χ4v) is 1.31. The zero-order valence-corrected chi connectivity index (χ0v) is 8.55. The van der Waals surface area contributed by atoms with Crippen molar-refractivity contribution in [3.8, 4) is 11.5 Å². The number of hydrogen-bond donors (Lipinski definition) is 1. The molecule has 0 heterocycles. The van der Waals surface area contributed by atoms with Crippen molar-refractivity contribution in [2.75, 3.05) is 0 Å². The molecule has 0 aromatic heterocycles. The molecule has 0 aliphatic rings. The van der Waals surface area contributed by atoms with Crippen LogP contribution in [0.15, 0.2) is 59.6 Å². The Balaban J connectivity index is 2.31. The predicted molar refractivity (Wildman–Crippen MR) is 62.8 cm³/mol. The number of hydrogen-bond acceptors (Lipinski definition) is 3. The second kappa shape index (κ2) is 4.91. The van der Waals surface area contributed by atoms with E-state index in [1.807, 2.05) is 54.5 Å². The number of nitrogens with zero attached hydrogens (tertiary/aromatic N) is 1. The Hall–Kier alpha value is -2.38. The van der Waals surface area contributed by atoms with E-state index in [4.69, 9.17) is 10.1 Å². The molecule has 0 unspecified atom stereocenters. The minimum atomic E-state index is 0.598. The van der Waals surface area contributed by atoms with Gasteiger partial charge in [0.1, 0.15) is 11.4 Å². The van der Waals surface area contributed by atoms with Crippen LogP contribution in [0.3, 0.4) is 0 Å². The fraction of sp³-hybridized carbons (Fsp3) is 0. The van der Waals surface area contributed by atoms with E-state index < -0.39 is 0 Å². The van der Waals surface area contributed by atoms with Crippen LogP contribution < -0.4 is 4.74 Å². The zero-order valence-electron chi connectivity index (χ0n) is 8.55. The molecule has 0 aliphatic heterocycles. The highest BCUT2D eigenvalue weighted by Crippen LogP contribution is 2.30. The van der Waals surface area contributed by atoms with Crippen molar-refractivity contribution in [1.82, 2.24) is 0 Å². The largest absolute Gasteiger partial charge is 0.455 e. The third kappa shape index (κ3) is 2.35. The monoisotopic (exact) mass is 210 g/mol. The molecule has 2 rings (SSSR count). The molecule has 16 heavy (non-hydrogen) atoms. The summed E-state index contributed by atoms with van der Waals surface area (Å²) in [6, 6.07) is 18.8. The lowest BCUT2D eigenvalue weighted by Crippen LogP contribution is -1.83. The van der Waals surface area contributed by atoms with Gasteiger partial charge >= 0.3 is 0 Å². The topological polar surface area (TPSA) is 45.4 Å². The Bertz CT molecular complexity index is 516. The molecule has 1 N–H and O–H groups in total. The summed E-state index contributed by atoms with van der Waals surface area (Å²) in [5, 5.41) is 6.84. The van der Waals surface area contributed by atoms with E-state index in [1.54, 1.807) is 6.07 Å². The molecule has 78 valence electrons. The smallest absolute Gasteiger partial charge is 0.153 e. The van der Waals surface area contributed by atoms with Crippen molar-refractivity contribution in [3.63, 3.8) is 0 Å². The second-order valence-electron chi connectivity index (χ2n) is 3.11. The van der Waals surface area contributed by atoms with Crippen LogP contribution in [0.25, 0.3) is 0 Å². The van der Waals surface area contributed by atoms with E-state index in [1.165, 1.54) is 0 Å². The van der Waals surface area contributed by atoms with Gasteiger partial charge in [-0.2, -0.15) is 4.99 Å². The third-order valence-electron chi connectivity index (χ3n) is 2.01. The lowest BCUT2D eigenvalue weighted by Gasteiger charge is -2.06. The molecular weight excluding hydrogens is 200 g/mol. The Morgan fingerprint density at radius 1 is 0.938 bits per heavy atom. The first-order valence-electron chi connectivity index (χ1n) is 4.84. The third-order valence-corrected chi connectivity index (χ3v) is 2.01. The van der Waals surface area contributed by atoms with E-state index in [9.17, 15) is 0 Å². The van der Waals surface area contributed by atoms with Crippen LogP contribution in [0.1, 0.15) is 0 Å². The van der Waals surface area contributed by atoms with Crippen molar-refractivity contribution < 1.29 is 4.74 Å². The molecule has 0 saturated carbocycles. The lowest BCUT2D eigenvalue weighted by molar-refractivity contribution is 0.484. The molecule has 0 atom stereocenters. The van der Waals surface area contributed by atoms with Crippen molar-refractivity contribution in [1.29, 1.82) is 5.41 Å². The number of para-hydroxylation sites is 3. The lowest BCUT2D eigenvalue weighted by atomic mass is 10.3. The summed E-state index contributed by atoms with van der Waals surface area (Å²) in [6.07, 6.45) is 0. The number of rotatable bonds is 3. The molecule has 2 aromatic carbocycles. The first-order valence-corrected chi connectivity index (χ1v) is 4.84. The van der Waals surface area contributed by atoms with Gasteiger partial charge in [-0.25, -0.2) is 5.41 Å². The minimum absolute atomic E-state index is 0.598. The summed E-state index contributed by atoms with van der Waals surface area (Å²) < 4.78 is 5.64. The van der Waals surface area contributed by atoms with Gasteiger partial charge in [0.2, 0.25) is 0 Å². The Labute approximate surface area is 93.5 Å². The Kier molecular flexibility index (Phi) is 3.12.